The summed E-state index contributed by atoms with van der Waals surface area (Å²) in [5.41, 5.74) is 0.492. The van der Waals surface area contributed by atoms with Crippen molar-refractivity contribution in [2.45, 2.75) is 4.90 Å². The van der Waals surface area contributed by atoms with Crippen LogP contribution in [-0.4, -0.2) is 29.6 Å². The summed E-state index contributed by atoms with van der Waals surface area (Å²) in [5.74, 6) is 0. The second-order valence-electron chi connectivity index (χ2n) is 4.73. The van der Waals surface area contributed by atoms with Crippen LogP contribution in [0.2, 0.25) is 5.02 Å². The Balaban J connectivity index is 2.30. The van der Waals surface area contributed by atoms with Crippen molar-refractivity contribution in [1.82, 2.24) is 3.97 Å². The van der Waals surface area contributed by atoms with E-state index in [1.165, 1.54) is 18.3 Å². The standard InChI is InChI=1S/C14H11BClNO4S/c16-10-4-3-5-11(8-10)22(20,21)17-9-13(15(18)19)12-6-1-2-7-14(12)17/h1-9,18-19H. The maximum atomic E-state index is 12.8. The van der Waals surface area contributed by atoms with Gasteiger partial charge in [-0.15, -0.1) is 0 Å². The van der Waals surface area contributed by atoms with Crippen molar-refractivity contribution in [1.29, 1.82) is 0 Å². The molecule has 0 unspecified atom stereocenters. The molecule has 112 valence electrons. The van der Waals surface area contributed by atoms with Gasteiger partial charge in [-0.2, -0.15) is 0 Å². The molecule has 0 spiro atoms. The summed E-state index contributed by atoms with van der Waals surface area (Å²) >= 11 is 5.86. The van der Waals surface area contributed by atoms with E-state index in [-0.39, 0.29) is 10.4 Å². The molecule has 2 N–H and O–H groups in total. The van der Waals surface area contributed by atoms with Crippen LogP contribution in [0.25, 0.3) is 10.9 Å². The van der Waals surface area contributed by atoms with Crippen LogP contribution in [0.1, 0.15) is 0 Å². The van der Waals surface area contributed by atoms with Crippen LogP contribution in [0, 0.1) is 0 Å². The molecule has 0 radical (unpaired) electrons. The lowest BCUT2D eigenvalue weighted by molar-refractivity contribution is 0.426. The molecule has 22 heavy (non-hydrogen) atoms. The molecular weight excluding hydrogens is 324 g/mol. The average molecular weight is 336 g/mol. The lowest BCUT2D eigenvalue weighted by atomic mass is 9.80. The van der Waals surface area contributed by atoms with Crippen LogP contribution in [0.4, 0.5) is 0 Å². The molecule has 0 aliphatic rings. The number of para-hydroxylation sites is 1. The van der Waals surface area contributed by atoms with Gasteiger partial charge in [0.05, 0.1) is 10.4 Å². The van der Waals surface area contributed by atoms with Gasteiger partial charge in [-0.25, -0.2) is 12.4 Å². The Morgan fingerprint density at radius 1 is 1.05 bits per heavy atom. The first-order valence-corrected chi connectivity index (χ1v) is 8.20. The molecule has 0 bridgehead atoms. The molecule has 0 aliphatic heterocycles. The van der Waals surface area contributed by atoms with Crippen LogP contribution in [0.3, 0.4) is 0 Å². The van der Waals surface area contributed by atoms with Crippen molar-refractivity contribution in [3.05, 3.63) is 59.8 Å². The Bertz CT molecular complexity index is 952. The summed E-state index contributed by atoms with van der Waals surface area (Å²) in [6, 6.07) is 12.5. The van der Waals surface area contributed by atoms with E-state index in [1.807, 2.05) is 0 Å². The molecule has 0 saturated carbocycles. The summed E-state index contributed by atoms with van der Waals surface area (Å²) in [6.07, 6.45) is 1.21. The second-order valence-corrected chi connectivity index (χ2v) is 6.98. The van der Waals surface area contributed by atoms with E-state index in [0.717, 1.165) is 3.97 Å². The molecule has 2 aromatic carbocycles. The minimum absolute atomic E-state index is 0.0275. The third kappa shape index (κ3) is 2.42. The molecule has 0 fully saturated rings. The van der Waals surface area contributed by atoms with Gasteiger partial charge in [-0.1, -0.05) is 35.9 Å². The van der Waals surface area contributed by atoms with Crippen molar-refractivity contribution in [3.63, 3.8) is 0 Å². The van der Waals surface area contributed by atoms with Gasteiger partial charge in [0.25, 0.3) is 10.0 Å². The highest BCUT2D eigenvalue weighted by atomic mass is 35.5. The Labute approximate surface area is 132 Å². The van der Waals surface area contributed by atoms with E-state index in [0.29, 0.717) is 15.9 Å². The molecule has 0 amide bonds. The molecule has 1 heterocycles. The first-order chi connectivity index (χ1) is 10.4. The number of halogens is 1. The van der Waals surface area contributed by atoms with Crippen LogP contribution >= 0.6 is 11.6 Å². The first-order valence-electron chi connectivity index (χ1n) is 6.38. The lowest BCUT2D eigenvalue weighted by Crippen LogP contribution is -2.29. The number of aromatic nitrogens is 1. The van der Waals surface area contributed by atoms with Crippen molar-refractivity contribution < 1.29 is 18.5 Å². The third-order valence-electron chi connectivity index (χ3n) is 3.34. The van der Waals surface area contributed by atoms with Crippen LogP contribution < -0.4 is 5.46 Å². The van der Waals surface area contributed by atoms with Crippen molar-refractivity contribution in [2.75, 3.05) is 0 Å². The molecule has 0 aliphatic carbocycles. The van der Waals surface area contributed by atoms with Gasteiger partial charge < -0.3 is 10.0 Å². The zero-order chi connectivity index (χ0) is 15.9. The highest BCUT2D eigenvalue weighted by Gasteiger charge is 2.25. The summed E-state index contributed by atoms with van der Waals surface area (Å²) < 4.78 is 26.6. The van der Waals surface area contributed by atoms with Crippen molar-refractivity contribution in [2.24, 2.45) is 0 Å². The fourth-order valence-corrected chi connectivity index (χ4v) is 4.00. The smallest absolute Gasteiger partial charge is 0.423 e. The Morgan fingerprint density at radius 2 is 1.77 bits per heavy atom. The molecule has 1 aromatic heterocycles. The van der Waals surface area contributed by atoms with Gasteiger partial charge in [0.15, 0.2) is 0 Å². The minimum atomic E-state index is -3.89. The maximum Gasteiger partial charge on any atom is 0.490 e. The molecular formula is C14H11BClNO4S. The lowest BCUT2D eigenvalue weighted by Gasteiger charge is -2.07. The predicted molar refractivity (Wildman–Crippen MR) is 85.8 cm³/mol. The Hall–Kier alpha value is -1.80. The summed E-state index contributed by atoms with van der Waals surface area (Å²) in [6.45, 7) is 0. The fourth-order valence-electron chi connectivity index (χ4n) is 2.32. The summed E-state index contributed by atoms with van der Waals surface area (Å²) in [4.78, 5) is 0.0275. The second kappa shape index (κ2) is 5.44. The normalized spacial score (nSPS) is 11.8. The average Bonchev–Trinajstić information content (AvgIpc) is 2.87. The number of benzene rings is 2. The van der Waals surface area contributed by atoms with Crippen LogP contribution in [-0.2, 0) is 10.0 Å². The number of hydrogen-bond acceptors (Lipinski definition) is 4. The number of hydrogen-bond donors (Lipinski definition) is 2. The zero-order valence-corrected chi connectivity index (χ0v) is 12.8. The first kappa shape index (κ1) is 15.1. The van der Waals surface area contributed by atoms with Gasteiger partial charge in [0.2, 0.25) is 0 Å². The van der Waals surface area contributed by atoms with E-state index in [1.54, 1.807) is 36.4 Å². The monoisotopic (exact) mass is 335 g/mol. The van der Waals surface area contributed by atoms with E-state index < -0.39 is 17.1 Å². The highest BCUT2D eigenvalue weighted by molar-refractivity contribution is 7.90. The molecule has 3 rings (SSSR count). The van der Waals surface area contributed by atoms with E-state index in [2.05, 4.69) is 0 Å². The van der Waals surface area contributed by atoms with E-state index >= 15 is 0 Å². The minimum Gasteiger partial charge on any atom is -0.423 e. The molecule has 3 aromatic rings. The SMILES string of the molecule is O=S(=O)(c1cccc(Cl)c1)n1cc(B(O)O)c2ccccc21. The fraction of sp³-hybridized carbons (Fsp3) is 0. The topological polar surface area (TPSA) is 79.5 Å². The molecule has 0 atom stereocenters. The number of nitrogens with zero attached hydrogens (tertiary/aromatic N) is 1. The van der Waals surface area contributed by atoms with Gasteiger partial charge >= 0.3 is 7.12 Å². The van der Waals surface area contributed by atoms with Gasteiger partial charge in [0, 0.05) is 22.1 Å². The van der Waals surface area contributed by atoms with Crippen molar-refractivity contribution >= 4 is 45.1 Å². The maximum absolute atomic E-state index is 12.8. The van der Waals surface area contributed by atoms with Crippen LogP contribution in [0.15, 0.2) is 59.6 Å². The predicted octanol–water partition coefficient (Wildman–Crippen LogP) is 1.21. The quantitative estimate of drug-likeness (QED) is 0.705. The Kier molecular flexibility index (Phi) is 3.74. The summed E-state index contributed by atoms with van der Waals surface area (Å²) in [5, 5.41) is 19.7. The van der Waals surface area contributed by atoms with Crippen molar-refractivity contribution in [3.8, 4) is 0 Å². The number of fused-ring (bicyclic) bond motifs is 1. The van der Waals surface area contributed by atoms with Gasteiger partial charge in [0.1, 0.15) is 0 Å². The van der Waals surface area contributed by atoms with E-state index in [9.17, 15) is 18.5 Å². The largest absolute Gasteiger partial charge is 0.490 e. The van der Waals surface area contributed by atoms with Gasteiger partial charge in [-0.05, 0) is 24.3 Å². The zero-order valence-electron chi connectivity index (χ0n) is 11.2. The Morgan fingerprint density at radius 3 is 2.45 bits per heavy atom. The van der Waals surface area contributed by atoms with Gasteiger partial charge in [-0.3, -0.25) is 0 Å². The molecule has 8 heteroatoms. The van der Waals surface area contributed by atoms with E-state index in [4.69, 9.17) is 11.6 Å². The van der Waals surface area contributed by atoms with Crippen LogP contribution in [0.5, 0.6) is 0 Å². The third-order valence-corrected chi connectivity index (χ3v) is 5.24. The summed E-state index contributed by atoms with van der Waals surface area (Å²) in [7, 11) is -5.65. The number of rotatable bonds is 3. The molecule has 5 nitrogen and oxygen atoms in total. The molecule has 0 saturated heterocycles. The highest BCUT2D eigenvalue weighted by Crippen LogP contribution is 2.23.